The molecule has 0 unspecified atom stereocenters. The van der Waals surface area contributed by atoms with E-state index in [1.807, 2.05) is 17.5 Å². The number of hydrogen-bond acceptors (Lipinski definition) is 6. The van der Waals surface area contributed by atoms with Crippen molar-refractivity contribution < 1.29 is 18.7 Å². The summed E-state index contributed by atoms with van der Waals surface area (Å²) >= 11 is 1.46. The topological polar surface area (TPSA) is 72.6 Å². The Hall–Kier alpha value is -2.15. The van der Waals surface area contributed by atoms with Crippen LogP contribution in [0.1, 0.15) is 23.2 Å². The molecule has 0 N–H and O–H groups in total. The van der Waals surface area contributed by atoms with Crippen LogP contribution in [-0.4, -0.2) is 42.0 Å². The summed E-state index contributed by atoms with van der Waals surface area (Å²) < 4.78 is 10.6. The van der Waals surface area contributed by atoms with Crippen molar-refractivity contribution in [1.82, 2.24) is 9.88 Å². The van der Waals surface area contributed by atoms with E-state index in [2.05, 4.69) is 4.98 Å². The molecule has 0 aliphatic carbocycles. The van der Waals surface area contributed by atoms with Crippen LogP contribution in [0.15, 0.2) is 21.9 Å². The van der Waals surface area contributed by atoms with Crippen LogP contribution in [0.2, 0.25) is 0 Å². The van der Waals surface area contributed by atoms with Gasteiger partial charge in [-0.25, -0.2) is 9.78 Å². The zero-order chi connectivity index (χ0) is 15.6. The largest absolute Gasteiger partial charge is 0.448 e. The first-order chi connectivity index (χ1) is 9.90. The van der Waals surface area contributed by atoms with Gasteiger partial charge in [0.05, 0.1) is 4.88 Å². The van der Waals surface area contributed by atoms with Gasteiger partial charge in [-0.05, 0) is 25.3 Å². The van der Waals surface area contributed by atoms with Gasteiger partial charge in [0.25, 0.3) is 5.91 Å². The summed E-state index contributed by atoms with van der Waals surface area (Å²) in [6, 6.07) is 3.72. The molecule has 21 heavy (non-hydrogen) atoms. The van der Waals surface area contributed by atoms with Gasteiger partial charge in [-0.2, -0.15) is 0 Å². The molecule has 2 aromatic rings. The Morgan fingerprint density at radius 2 is 2.14 bits per heavy atom. The fourth-order valence-electron chi connectivity index (χ4n) is 1.72. The summed E-state index contributed by atoms with van der Waals surface area (Å²) in [5, 5.41) is 1.89. The van der Waals surface area contributed by atoms with Crippen molar-refractivity contribution in [3.63, 3.8) is 0 Å². The maximum absolute atomic E-state index is 12.1. The van der Waals surface area contributed by atoms with Gasteiger partial charge in [0.2, 0.25) is 5.89 Å². The van der Waals surface area contributed by atoms with E-state index in [1.54, 1.807) is 21.0 Å². The van der Waals surface area contributed by atoms with Crippen LogP contribution >= 0.6 is 11.3 Å². The molecular formula is C14H16N2O4S. The maximum Gasteiger partial charge on any atom is 0.361 e. The summed E-state index contributed by atoms with van der Waals surface area (Å²) in [5.41, 5.74) is 0.0943. The van der Waals surface area contributed by atoms with Crippen molar-refractivity contribution in [3.8, 4) is 10.8 Å². The number of hydrogen-bond donors (Lipinski definition) is 0. The number of nitrogens with zero attached hydrogens (tertiary/aromatic N) is 2. The van der Waals surface area contributed by atoms with E-state index in [0.29, 0.717) is 11.7 Å². The number of rotatable bonds is 4. The molecule has 7 heteroatoms. The van der Waals surface area contributed by atoms with Gasteiger partial charge in [0, 0.05) is 14.1 Å². The number of thiophene rings is 1. The second-order valence-corrected chi connectivity index (χ2v) is 5.63. The van der Waals surface area contributed by atoms with E-state index >= 15 is 0 Å². The third-order valence-electron chi connectivity index (χ3n) is 2.79. The van der Waals surface area contributed by atoms with Gasteiger partial charge >= 0.3 is 5.97 Å². The third-order valence-corrected chi connectivity index (χ3v) is 3.65. The van der Waals surface area contributed by atoms with Crippen LogP contribution in [0.4, 0.5) is 0 Å². The Morgan fingerprint density at radius 1 is 1.43 bits per heavy atom. The first kappa shape index (κ1) is 15.2. The number of carbonyl (C=O) groups excluding carboxylic acids is 2. The minimum absolute atomic E-state index is 0.0943. The van der Waals surface area contributed by atoms with E-state index < -0.39 is 12.1 Å². The molecule has 2 aromatic heterocycles. The zero-order valence-electron chi connectivity index (χ0n) is 12.2. The molecule has 1 atom stereocenters. The Labute approximate surface area is 126 Å². The highest BCUT2D eigenvalue weighted by Gasteiger charge is 2.25. The second kappa shape index (κ2) is 6.09. The van der Waals surface area contributed by atoms with Crippen molar-refractivity contribution >= 4 is 23.2 Å². The average molecular weight is 308 g/mol. The highest BCUT2D eigenvalue weighted by atomic mass is 32.1. The number of aryl methyl sites for hydroxylation is 1. The van der Waals surface area contributed by atoms with Crippen LogP contribution in [-0.2, 0) is 9.53 Å². The lowest BCUT2D eigenvalue weighted by Gasteiger charge is -2.16. The molecule has 0 fully saturated rings. The van der Waals surface area contributed by atoms with Crippen LogP contribution in [0.3, 0.4) is 0 Å². The molecule has 0 aromatic carbocycles. The lowest BCUT2D eigenvalue weighted by atomic mass is 10.3. The summed E-state index contributed by atoms with van der Waals surface area (Å²) in [7, 11) is 3.20. The number of amides is 1. The average Bonchev–Trinajstić information content (AvgIpc) is 3.06. The summed E-state index contributed by atoms with van der Waals surface area (Å²) in [6.45, 7) is 3.16. The minimum Gasteiger partial charge on any atom is -0.448 e. The summed E-state index contributed by atoms with van der Waals surface area (Å²) in [6.07, 6.45) is -0.867. The molecule has 0 spiro atoms. The molecule has 2 heterocycles. The van der Waals surface area contributed by atoms with E-state index in [9.17, 15) is 9.59 Å². The normalized spacial score (nSPS) is 12.0. The van der Waals surface area contributed by atoms with E-state index in [-0.39, 0.29) is 11.6 Å². The van der Waals surface area contributed by atoms with Crippen LogP contribution < -0.4 is 0 Å². The lowest BCUT2D eigenvalue weighted by Crippen LogP contribution is -2.35. The fourth-order valence-corrected chi connectivity index (χ4v) is 2.37. The Kier molecular flexibility index (Phi) is 4.42. The first-order valence-corrected chi connectivity index (χ1v) is 7.21. The molecule has 0 saturated heterocycles. The molecule has 6 nitrogen and oxygen atoms in total. The quantitative estimate of drug-likeness (QED) is 0.811. The van der Waals surface area contributed by atoms with Crippen molar-refractivity contribution in [2.75, 3.05) is 14.1 Å². The number of esters is 1. The van der Waals surface area contributed by atoms with Gasteiger partial charge in [0.1, 0.15) is 5.76 Å². The Balaban J connectivity index is 2.15. The number of aromatic nitrogens is 1. The van der Waals surface area contributed by atoms with Crippen LogP contribution in [0.25, 0.3) is 10.8 Å². The second-order valence-electron chi connectivity index (χ2n) is 4.68. The predicted molar refractivity (Wildman–Crippen MR) is 78.1 cm³/mol. The minimum atomic E-state index is -0.867. The predicted octanol–water partition coefficient (Wildman–Crippen LogP) is 2.35. The molecule has 0 bridgehead atoms. The molecule has 0 aliphatic rings. The molecule has 2 rings (SSSR count). The van der Waals surface area contributed by atoms with E-state index in [0.717, 1.165) is 4.88 Å². The van der Waals surface area contributed by atoms with Crippen LogP contribution in [0.5, 0.6) is 0 Å². The monoisotopic (exact) mass is 308 g/mol. The van der Waals surface area contributed by atoms with Gasteiger partial charge in [0.15, 0.2) is 11.8 Å². The lowest BCUT2D eigenvalue weighted by molar-refractivity contribution is -0.137. The van der Waals surface area contributed by atoms with Crippen molar-refractivity contribution in [2.45, 2.75) is 20.0 Å². The van der Waals surface area contributed by atoms with Crippen molar-refractivity contribution in [3.05, 3.63) is 29.0 Å². The van der Waals surface area contributed by atoms with Gasteiger partial charge < -0.3 is 14.1 Å². The fraction of sp³-hybridized carbons (Fsp3) is 0.357. The number of oxazole rings is 1. The number of carbonyl (C=O) groups is 2. The van der Waals surface area contributed by atoms with Gasteiger partial charge in [-0.1, -0.05) is 6.07 Å². The molecule has 0 radical (unpaired) electrons. The Bertz CT molecular complexity index is 646. The van der Waals surface area contributed by atoms with Gasteiger partial charge in [-0.3, -0.25) is 4.79 Å². The van der Waals surface area contributed by atoms with Crippen molar-refractivity contribution in [1.29, 1.82) is 0 Å². The molecule has 112 valence electrons. The molecule has 0 aliphatic heterocycles. The standard InChI is InChI=1S/C14H16N2O4S/c1-8-11(14(18)20-9(2)13(17)16(3)4)15-12(19-8)10-6-5-7-21-10/h5-7,9H,1-4H3/t9-/m0/s1. The van der Waals surface area contributed by atoms with E-state index in [4.69, 9.17) is 9.15 Å². The molecule has 1 amide bonds. The number of likely N-dealkylation sites (N-methyl/N-ethyl adjacent to an activating group) is 1. The maximum atomic E-state index is 12.1. The first-order valence-electron chi connectivity index (χ1n) is 6.33. The van der Waals surface area contributed by atoms with E-state index in [1.165, 1.54) is 23.2 Å². The third kappa shape index (κ3) is 3.30. The molecular weight excluding hydrogens is 292 g/mol. The summed E-state index contributed by atoms with van der Waals surface area (Å²) in [5.74, 6) is -0.210. The van der Waals surface area contributed by atoms with Crippen LogP contribution in [0, 0.1) is 6.92 Å². The zero-order valence-corrected chi connectivity index (χ0v) is 13.1. The van der Waals surface area contributed by atoms with Gasteiger partial charge in [-0.15, -0.1) is 11.3 Å². The van der Waals surface area contributed by atoms with Crippen molar-refractivity contribution in [2.24, 2.45) is 0 Å². The summed E-state index contributed by atoms with van der Waals surface area (Å²) in [4.78, 5) is 30.1. The number of ether oxygens (including phenoxy) is 1. The Morgan fingerprint density at radius 3 is 2.71 bits per heavy atom. The smallest absolute Gasteiger partial charge is 0.361 e. The highest BCUT2D eigenvalue weighted by Crippen LogP contribution is 2.26. The molecule has 0 saturated carbocycles. The SMILES string of the molecule is Cc1oc(-c2cccs2)nc1C(=O)O[C@@H](C)C(=O)N(C)C. The highest BCUT2D eigenvalue weighted by molar-refractivity contribution is 7.13.